The van der Waals surface area contributed by atoms with Crippen molar-refractivity contribution in [2.75, 3.05) is 32.6 Å². The van der Waals surface area contributed by atoms with Crippen LogP contribution in [0.25, 0.3) is 0 Å². The Labute approximate surface area is 129 Å². The number of hydrogen-bond donors (Lipinski definition) is 2. The minimum atomic E-state index is 0.252. The van der Waals surface area contributed by atoms with Crippen LogP contribution in [-0.4, -0.2) is 49.5 Å². The standard InChI is InChI=1S/C13H24N4OS2/c1-4-14-12(17-11(2)10-18-3)15-6-5-8-19-13-16-7-9-20-13/h7,9,11H,4-6,8,10H2,1-3H3,(H2,14,15,17). The fraction of sp³-hybridized carbons (Fsp3) is 0.692. The van der Waals surface area contributed by atoms with Crippen LogP contribution in [0.15, 0.2) is 20.9 Å². The Kier molecular flexibility index (Phi) is 9.44. The third-order valence-corrected chi connectivity index (χ3v) is 4.40. The second-order valence-electron chi connectivity index (χ2n) is 4.26. The lowest BCUT2D eigenvalue weighted by molar-refractivity contribution is 0.179. The average Bonchev–Trinajstić information content (AvgIpc) is 2.92. The van der Waals surface area contributed by atoms with Crippen molar-refractivity contribution in [3.05, 3.63) is 11.6 Å². The predicted molar refractivity (Wildman–Crippen MR) is 87.9 cm³/mol. The Morgan fingerprint density at radius 3 is 3.10 bits per heavy atom. The van der Waals surface area contributed by atoms with Gasteiger partial charge in [-0.25, -0.2) is 4.98 Å². The van der Waals surface area contributed by atoms with Gasteiger partial charge < -0.3 is 15.4 Å². The highest BCUT2D eigenvalue weighted by Crippen LogP contribution is 2.20. The van der Waals surface area contributed by atoms with Gasteiger partial charge in [-0.3, -0.25) is 4.99 Å². The highest BCUT2D eigenvalue weighted by molar-refractivity contribution is 8.00. The molecule has 7 heteroatoms. The van der Waals surface area contributed by atoms with E-state index < -0.39 is 0 Å². The van der Waals surface area contributed by atoms with E-state index >= 15 is 0 Å². The molecule has 0 spiro atoms. The van der Waals surface area contributed by atoms with Crippen molar-refractivity contribution in [1.29, 1.82) is 0 Å². The van der Waals surface area contributed by atoms with E-state index in [1.54, 1.807) is 30.2 Å². The highest BCUT2D eigenvalue weighted by Gasteiger charge is 2.04. The lowest BCUT2D eigenvalue weighted by Crippen LogP contribution is -2.44. The van der Waals surface area contributed by atoms with Crippen LogP contribution in [0.4, 0.5) is 0 Å². The molecule has 1 rings (SSSR count). The highest BCUT2D eigenvalue weighted by atomic mass is 32.2. The quantitative estimate of drug-likeness (QED) is 0.317. The summed E-state index contributed by atoms with van der Waals surface area (Å²) in [5.41, 5.74) is 0. The molecular formula is C13H24N4OS2. The summed E-state index contributed by atoms with van der Waals surface area (Å²) in [6.07, 6.45) is 2.88. The Balaban J connectivity index is 2.23. The summed E-state index contributed by atoms with van der Waals surface area (Å²) in [7, 11) is 1.71. The first-order valence-corrected chi connectivity index (χ1v) is 8.68. The number of hydrogen-bond acceptors (Lipinski definition) is 5. The van der Waals surface area contributed by atoms with Gasteiger partial charge in [0, 0.05) is 43.6 Å². The molecule has 5 nitrogen and oxygen atoms in total. The third-order valence-electron chi connectivity index (χ3n) is 2.35. The lowest BCUT2D eigenvalue weighted by atomic mass is 10.4. The lowest BCUT2D eigenvalue weighted by Gasteiger charge is -2.16. The number of nitrogens with zero attached hydrogens (tertiary/aromatic N) is 2. The summed E-state index contributed by atoms with van der Waals surface area (Å²) < 4.78 is 6.24. The second kappa shape index (κ2) is 10.9. The van der Waals surface area contributed by atoms with E-state index in [0.29, 0.717) is 6.61 Å². The molecule has 0 aromatic carbocycles. The zero-order valence-electron chi connectivity index (χ0n) is 12.4. The number of rotatable bonds is 9. The second-order valence-corrected chi connectivity index (χ2v) is 6.50. The molecule has 1 aromatic heterocycles. The minimum Gasteiger partial charge on any atom is -0.383 e. The topological polar surface area (TPSA) is 58.5 Å². The van der Waals surface area contributed by atoms with Crippen LogP contribution in [0.1, 0.15) is 20.3 Å². The maximum atomic E-state index is 5.11. The van der Waals surface area contributed by atoms with E-state index in [1.807, 2.05) is 11.6 Å². The summed E-state index contributed by atoms with van der Waals surface area (Å²) in [4.78, 5) is 8.81. The zero-order chi connectivity index (χ0) is 14.6. The Morgan fingerprint density at radius 1 is 1.60 bits per heavy atom. The molecule has 0 saturated carbocycles. The summed E-state index contributed by atoms with van der Waals surface area (Å²) in [6, 6.07) is 0.252. The first-order valence-electron chi connectivity index (χ1n) is 6.82. The fourth-order valence-corrected chi connectivity index (χ4v) is 3.17. The van der Waals surface area contributed by atoms with E-state index in [2.05, 4.69) is 34.5 Å². The van der Waals surface area contributed by atoms with Gasteiger partial charge >= 0.3 is 0 Å². The van der Waals surface area contributed by atoms with Crippen LogP contribution in [-0.2, 0) is 4.74 Å². The smallest absolute Gasteiger partial charge is 0.191 e. The number of guanidine groups is 1. The molecule has 0 amide bonds. The fourth-order valence-electron chi connectivity index (χ4n) is 1.54. The number of ether oxygens (including phenoxy) is 1. The van der Waals surface area contributed by atoms with Crippen molar-refractivity contribution in [3.63, 3.8) is 0 Å². The van der Waals surface area contributed by atoms with Crippen molar-refractivity contribution >= 4 is 29.1 Å². The number of aliphatic imine (C=N–C) groups is 1. The van der Waals surface area contributed by atoms with Gasteiger partial charge in [-0.1, -0.05) is 11.8 Å². The minimum absolute atomic E-state index is 0.252. The van der Waals surface area contributed by atoms with Crippen LogP contribution >= 0.6 is 23.1 Å². The Bertz CT molecular complexity index is 370. The maximum absolute atomic E-state index is 5.11. The van der Waals surface area contributed by atoms with Gasteiger partial charge in [0.2, 0.25) is 0 Å². The molecule has 0 aliphatic rings. The van der Waals surface area contributed by atoms with Crippen LogP contribution in [0.5, 0.6) is 0 Å². The molecule has 1 unspecified atom stereocenters. The Morgan fingerprint density at radius 2 is 2.45 bits per heavy atom. The van der Waals surface area contributed by atoms with Crippen molar-refractivity contribution in [1.82, 2.24) is 15.6 Å². The van der Waals surface area contributed by atoms with Crippen molar-refractivity contribution in [3.8, 4) is 0 Å². The molecular weight excluding hydrogens is 292 g/mol. The van der Waals surface area contributed by atoms with Crippen LogP contribution < -0.4 is 10.6 Å². The van der Waals surface area contributed by atoms with Crippen LogP contribution in [0.2, 0.25) is 0 Å². The molecule has 0 aliphatic carbocycles. The number of thiazole rings is 1. The zero-order valence-corrected chi connectivity index (χ0v) is 14.0. The van der Waals surface area contributed by atoms with Gasteiger partial charge in [-0.05, 0) is 20.3 Å². The van der Waals surface area contributed by atoms with E-state index in [-0.39, 0.29) is 6.04 Å². The van der Waals surface area contributed by atoms with Gasteiger partial charge in [0.1, 0.15) is 4.34 Å². The van der Waals surface area contributed by atoms with Crippen LogP contribution in [0, 0.1) is 0 Å². The molecule has 0 radical (unpaired) electrons. The van der Waals surface area contributed by atoms with Crippen molar-refractivity contribution in [2.45, 2.75) is 30.6 Å². The van der Waals surface area contributed by atoms with E-state index in [9.17, 15) is 0 Å². The first-order chi connectivity index (χ1) is 9.76. The Hall–Kier alpha value is -0.790. The normalized spacial score (nSPS) is 13.2. The largest absolute Gasteiger partial charge is 0.383 e. The summed E-state index contributed by atoms with van der Waals surface area (Å²) in [6.45, 7) is 6.49. The van der Waals surface area contributed by atoms with E-state index in [4.69, 9.17) is 4.74 Å². The number of aromatic nitrogens is 1. The monoisotopic (exact) mass is 316 g/mol. The molecule has 114 valence electrons. The van der Waals surface area contributed by atoms with Gasteiger partial charge in [-0.2, -0.15) is 0 Å². The average molecular weight is 316 g/mol. The van der Waals surface area contributed by atoms with Gasteiger partial charge in [0.15, 0.2) is 5.96 Å². The van der Waals surface area contributed by atoms with E-state index in [1.165, 1.54) is 0 Å². The predicted octanol–water partition coefficient (Wildman–Crippen LogP) is 2.22. The molecule has 1 heterocycles. The first kappa shape index (κ1) is 17.3. The molecule has 1 aromatic rings. The molecule has 2 N–H and O–H groups in total. The van der Waals surface area contributed by atoms with Crippen molar-refractivity contribution < 1.29 is 4.74 Å². The molecule has 0 aliphatic heterocycles. The summed E-state index contributed by atoms with van der Waals surface area (Å²) in [5.74, 6) is 1.90. The summed E-state index contributed by atoms with van der Waals surface area (Å²) >= 11 is 3.48. The van der Waals surface area contributed by atoms with Crippen molar-refractivity contribution in [2.24, 2.45) is 4.99 Å². The van der Waals surface area contributed by atoms with Gasteiger partial charge in [0.25, 0.3) is 0 Å². The van der Waals surface area contributed by atoms with Gasteiger partial charge in [-0.15, -0.1) is 11.3 Å². The number of thioether (sulfide) groups is 1. The third kappa shape index (κ3) is 7.72. The van der Waals surface area contributed by atoms with E-state index in [0.717, 1.165) is 35.6 Å². The SMILES string of the molecule is CCNC(=NCCCSc1nccs1)NC(C)COC. The molecule has 20 heavy (non-hydrogen) atoms. The number of methoxy groups -OCH3 is 1. The van der Waals surface area contributed by atoms with Crippen LogP contribution in [0.3, 0.4) is 0 Å². The molecule has 1 atom stereocenters. The van der Waals surface area contributed by atoms with Gasteiger partial charge in [0.05, 0.1) is 6.61 Å². The molecule has 0 fully saturated rings. The molecule has 0 bridgehead atoms. The molecule has 0 saturated heterocycles. The summed E-state index contributed by atoms with van der Waals surface area (Å²) in [5, 5.41) is 8.57. The number of nitrogens with one attached hydrogen (secondary N) is 2. The maximum Gasteiger partial charge on any atom is 0.191 e.